The minimum Gasteiger partial charge on any atom is -0.495 e. The first kappa shape index (κ1) is 23.1. The van der Waals surface area contributed by atoms with Gasteiger partial charge in [0, 0.05) is 16.8 Å². The summed E-state index contributed by atoms with van der Waals surface area (Å²) >= 11 is 7.47. The number of hydrogen-bond acceptors (Lipinski definition) is 5. The topological polar surface area (TPSA) is 75.0 Å². The number of hydrogen-bond donors (Lipinski definition) is 1. The number of halogens is 1. The van der Waals surface area contributed by atoms with Crippen molar-refractivity contribution in [1.82, 2.24) is 4.98 Å². The van der Waals surface area contributed by atoms with Gasteiger partial charge in [0.25, 0.3) is 0 Å². The molecule has 154 valence electrons. The lowest BCUT2D eigenvalue weighted by atomic mass is 10.2. The van der Waals surface area contributed by atoms with Crippen LogP contribution in [0.15, 0.2) is 29.3 Å². The third kappa shape index (κ3) is 6.12. The van der Waals surface area contributed by atoms with E-state index in [1.807, 2.05) is 19.9 Å². The van der Waals surface area contributed by atoms with Crippen LogP contribution in [-0.4, -0.2) is 23.3 Å². The zero-order chi connectivity index (χ0) is 21.4. The van der Waals surface area contributed by atoms with Crippen molar-refractivity contribution in [3.05, 3.63) is 46.1 Å². The Morgan fingerprint density at radius 2 is 2.14 bits per heavy atom. The Morgan fingerprint density at radius 1 is 1.38 bits per heavy atom. The van der Waals surface area contributed by atoms with E-state index in [2.05, 4.69) is 23.3 Å². The summed E-state index contributed by atoms with van der Waals surface area (Å²) in [4.78, 5) is 17.6. The molecule has 1 heterocycles. The smallest absolute Gasteiger partial charge is 0.238 e. The molecule has 2 rings (SSSR count). The number of pyridine rings is 1. The Morgan fingerprint density at radius 3 is 2.76 bits per heavy atom. The van der Waals surface area contributed by atoms with E-state index in [0.717, 1.165) is 30.5 Å². The van der Waals surface area contributed by atoms with Crippen molar-refractivity contribution in [2.24, 2.45) is 0 Å². The summed E-state index contributed by atoms with van der Waals surface area (Å²) in [7, 11) is 1.54. The van der Waals surface area contributed by atoms with E-state index in [1.54, 1.807) is 18.2 Å². The Bertz CT molecular complexity index is 912. The summed E-state index contributed by atoms with van der Waals surface area (Å²) in [5.74, 6) is 0.341. The van der Waals surface area contributed by atoms with Crippen LogP contribution in [0.2, 0.25) is 5.02 Å². The number of nitriles is 1. The summed E-state index contributed by atoms with van der Waals surface area (Å²) in [6, 6.07) is 9.34. The molecule has 0 spiro atoms. The molecule has 0 fully saturated rings. The molecule has 0 bridgehead atoms. The van der Waals surface area contributed by atoms with E-state index in [-0.39, 0.29) is 5.91 Å². The van der Waals surface area contributed by atoms with Gasteiger partial charge in [-0.1, -0.05) is 43.6 Å². The molecule has 29 heavy (non-hydrogen) atoms. The predicted octanol–water partition coefficient (Wildman–Crippen LogP) is 5.78. The molecule has 5 nitrogen and oxygen atoms in total. The number of carbonyl (C=O) groups excluding carboxylic acids is 1. The number of thioether (sulfide) groups is 1. The molecule has 0 saturated carbocycles. The average Bonchev–Trinajstić information content (AvgIpc) is 2.72. The SMILES string of the molecule is CCCCc1ccc(C#N)c(SC(CC)C(=O)Nc2cc(C)c(Cl)cc2OC)n1. The van der Waals surface area contributed by atoms with Crippen LogP contribution in [0.1, 0.15) is 49.9 Å². The molecule has 1 atom stereocenters. The third-order valence-corrected chi connectivity index (χ3v) is 6.25. The maximum absolute atomic E-state index is 12.9. The minimum atomic E-state index is -0.392. The highest BCUT2D eigenvalue weighted by Crippen LogP contribution is 2.33. The van der Waals surface area contributed by atoms with Crippen molar-refractivity contribution in [1.29, 1.82) is 5.26 Å². The van der Waals surface area contributed by atoms with E-state index in [9.17, 15) is 10.1 Å². The maximum Gasteiger partial charge on any atom is 0.238 e. The lowest BCUT2D eigenvalue weighted by molar-refractivity contribution is -0.115. The van der Waals surface area contributed by atoms with Crippen molar-refractivity contribution in [2.45, 2.75) is 56.7 Å². The number of nitrogens with one attached hydrogen (secondary N) is 1. The zero-order valence-corrected chi connectivity index (χ0v) is 18.8. The second kappa shape index (κ2) is 11.1. The molecule has 1 aromatic carbocycles. The largest absolute Gasteiger partial charge is 0.495 e. The fraction of sp³-hybridized carbons (Fsp3) is 0.409. The molecule has 1 aromatic heterocycles. The van der Waals surface area contributed by atoms with E-state index in [1.165, 1.54) is 18.9 Å². The first-order valence-electron chi connectivity index (χ1n) is 9.65. The number of carbonyl (C=O) groups is 1. The second-order valence-corrected chi connectivity index (χ2v) is 8.27. The summed E-state index contributed by atoms with van der Waals surface area (Å²) in [6.45, 7) is 5.94. The number of benzene rings is 1. The lowest BCUT2D eigenvalue weighted by Gasteiger charge is -2.17. The Hall–Kier alpha value is -2.23. The predicted molar refractivity (Wildman–Crippen MR) is 119 cm³/mol. The Balaban J connectivity index is 2.23. The van der Waals surface area contributed by atoms with Crippen LogP contribution in [0.3, 0.4) is 0 Å². The van der Waals surface area contributed by atoms with Crippen molar-refractivity contribution >= 4 is 35.0 Å². The van der Waals surface area contributed by atoms with Crippen LogP contribution < -0.4 is 10.1 Å². The number of methoxy groups -OCH3 is 1. The number of rotatable bonds is 9. The molecule has 0 radical (unpaired) electrons. The van der Waals surface area contributed by atoms with E-state index in [4.69, 9.17) is 16.3 Å². The van der Waals surface area contributed by atoms with Gasteiger partial charge in [-0.25, -0.2) is 4.98 Å². The molecule has 1 N–H and O–H groups in total. The van der Waals surface area contributed by atoms with Gasteiger partial charge in [0.05, 0.1) is 23.6 Å². The molecule has 0 saturated heterocycles. The standard InChI is InChI=1S/C22H26ClN3O2S/c1-5-7-8-16-10-9-15(13-24)22(25-16)29-20(6-2)21(27)26-18-11-14(3)17(23)12-19(18)28-4/h9-12,20H,5-8H2,1-4H3,(H,26,27). The summed E-state index contributed by atoms with van der Waals surface area (Å²) in [5.41, 5.74) is 2.85. The molecular formula is C22H26ClN3O2S. The van der Waals surface area contributed by atoms with Gasteiger partial charge < -0.3 is 10.1 Å². The van der Waals surface area contributed by atoms with Crippen LogP contribution in [0, 0.1) is 18.3 Å². The minimum absolute atomic E-state index is 0.165. The Labute approximate surface area is 181 Å². The lowest BCUT2D eigenvalue weighted by Crippen LogP contribution is -2.25. The number of amides is 1. The van der Waals surface area contributed by atoms with Gasteiger partial charge in [-0.05, 0) is 49.9 Å². The number of ether oxygens (including phenoxy) is 1. The highest BCUT2D eigenvalue weighted by Gasteiger charge is 2.22. The van der Waals surface area contributed by atoms with Gasteiger partial charge >= 0.3 is 0 Å². The summed E-state index contributed by atoms with van der Waals surface area (Å²) < 4.78 is 5.34. The molecule has 0 aliphatic rings. The molecule has 1 amide bonds. The zero-order valence-electron chi connectivity index (χ0n) is 17.2. The van der Waals surface area contributed by atoms with Crippen LogP contribution in [0.5, 0.6) is 5.75 Å². The molecule has 2 aromatic rings. The molecule has 0 aliphatic heterocycles. The van der Waals surface area contributed by atoms with Crippen molar-refractivity contribution in [2.75, 3.05) is 12.4 Å². The van der Waals surface area contributed by atoms with Crippen molar-refractivity contribution < 1.29 is 9.53 Å². The number of nitrogens with zero attached hydrogens (tertiary/aromatic N) is 2. The molecular weight excluding hydrogens is 406 g/mol. The normalized spacial score (nSPS) is 11.6. The van der Waals surface area contributed by atoms with Crippen molar-refractivity contribution in [3.63, 3.8) is 0 Å². The number of aromatic nitrogens is 1. The maximum atomic E-state index is 12.9. The monoisotopic (exact) mass is 431 g/mol. The summed E-state index contributed by atoms with van der Waals surface area (Å²) in [6.07, 6.45) is 3.57. The van der Waals surface area contributed by atoms with Crippen LogP contribution in [0.4, 0.5) is 5.69 Å². The van der Waals surface area contributed by atoms with Gasteiger partial charge in [-0.2, -0.15) is 5.26 Å². The molecule has 7 heteroatoms. The van der Waals surface area contributed by atoms with Gasteiger partial charge in [-0.3, -0.25) is 4.79 Å². The van der Waals surface area contributed by atoms with Gasteiger partial charge in [0.2, 0.25) is 5.91 Å². The quantitative estimate of drug-likeness (QED) is 0.509. The first-order chi connectivity index (χ1) is 13.9. The molecule has 1 unspecified atom stereocenters. The first-order valence-corrected chi connectivity index (χ1v) is 10.9. The van der Waals surface area contributed by atoms with E-state index >= 15 is 0 Å². The highest BCUT2D eigenvalue weighted by atomic mass is 35.5. The van der Waals surface area contributed by atoms with Crippen molar-refractivity contribution in [3.8, 4) is 11.8 Å². The fourth-order valence-corrected chi connectivity index (χ4v) is 3.92. The highest BCUT2D eigenvalue weighted by molar-refractivity contribution is 8.00. The average molecular weight is 432 g/mol. The number of aryl methyl sites for hydroxylation is 2. The van der Waals surface area contributed by atoms with E-state index in [0.29, 0.717) is 33.5 Å². The van der Waals surface area contributed by atoms with Gasteiger partial charge in [-0.15, -0.1) is 0 Å². The number of anilines is 1. The molecule has 0 aliphatic carbocycles. The second-order valence-electron chi connectivity index (χ2n) is 6.68. The van der Waals surface area contributed by atoms with E-state index < -0.39 is 5.25 Å². The summed E-state index contributed by atoms with van der Waals surface area (Å²) in [5, 5.41) is 13.2. The van der Waals surface area contributed by atoms with Crippen LogP contribution in [-0.2, 0) is 11.2 Å². The third-order valence-electron chi connectivity index (χ3n) is 4.48. The van der Waals surface area contributed by atoms with Crippen LogP contribution >= 0.6 is 23.4 Å². The van der Waals surface area contributed by atoms with Gasteiger partial charge in [0.1, 0.15) is 16.8 Å². The number of unbranched alkanes of at least 4 members (excludes halogenated alkanes) is 1. The van der Waals surface area contributed by atoms with Gasteiger partial charge in [0.15, 0.2) is 0 Å². The Kier molecular flexibility index (Phi) is 8.81. The van der Waals surface area contributed by atoms with Crippen LogP contribution in [0.25, 0.3) is 0 Å². The fourth-order valence-electron chi connectivity index (χ4n) is 2.75.